The van der Waals surface area contributed by atoms with Crippen molar-refractivity contribution in [1.29, 1.82) is 0 Å². The maximum absolute atomic E-state index is 11.6. The highest BCUT2D eigenvalue weighted by molar-refractivity contribution is 7.12. The van der Waals surface area contributed by atoms with E-state index in [1.807, 2.05) is 6.07 Å². The van der Waals surface area contributed by atoms with Gasteiger partial charge in [-0.2, -0.15) is 0 Å². The fourth-order valence-corrected chi connectivity index (χ4v) is 2.44. The number of thiophene rings is 1. The molecule has 0 bridgehead atoms. The fraction of sp³-hybridized carbons (Fsp3) is 0.250. The van der Waals surface area contributed by atoms with Crippen LogP contribution in [0.3, 0.4) is 0 Å². The lowest BCUT2D eigenvalue weighted by atomic mass is 10.1. The van der Waals surface area contributed by atoms with E-state index in [1.165, 1.54) is 5.56 Å². The summed E-state index contributed by atoms with van der Waals surface area (Å²) in [6.45, 7) is 4.30. The summed E-state index contributed by atoms with van der Waals surface area (Å²) < 4.78 is 1.68. The Hall–Kier alpha value is -1.35. The second-order valence-corrected chi connectivity index (χ2v) is 4.67. The van der Waals surface area contributed by atoms with E-state index >= 15 is 0 Å². The SMILES string of the molecule is CC(C)c1csc(-n2ccccc2=O)c1. The van der Waals surface area contributed by atoms with Crippen LogP contribution in [-0.2, 0) is 0 Å². The summed E-state index contributed by atoms with van der Waals surface area (Å²) in [4.78, 5) is 11.6. The molecule has 3 heteroatoms. The Bertz CT molecular complexity index is 510. The predicted octanol–water partition coefficient (Wildman–Crippen LogP) is 3.02. The van der Waals surface area contributed by atoms with E-state index in [0.717, 1.165) is 5.00 Å². The molecule has 0 N–H and O–H groups in total. The average Bonchev–Trinajstić information content (AvgIpc) is 2.67. The first-order chi connectivity index (χ1) is 7.18. The first kappa shape index (κ1) is 10.2. The number of hydrogen-bond acceptors (Lipinski definition) is 2. The first-order valence-corrected chi connectivity index (χ1v) is 5.83. The Morgan fingerprint density at radius 3 is 2.73 bits per heavy atom. The normalized spacial score (nSPS) is 10.9. The molecule has 0 spiro atoms. The Morgan fingerprint density at radius 1 is 1.33 bits per heavy atom. The van der Waals surface area contributed by atoms with Crippen LogP contribution in [0.25, 0.3) is 5.00 Å². The third kappa shape index (κ3) is 2.02. The molecule has 0 saturated carbocycles. The third-order valence-corrected chi connectivity index (χ3v) is 3.28. The minimum atomic E-state index is 0.0228. The van der Waals surface area contributed by atoms with Crippen molar-refractivity contribution in [3.63, 3.8) is 0 Å². The molecule has 78 valence electrons. The minimum absolute atomic E-state index is 0.0228. The van der Waals surface area contributed by atoms with Crippen molar-refractivity contribution in [2.45, 2.75) is 19.8 Å². The second kappa shape index (κ2) is 4.03. The van der Waals surface area contributed by atoms with Crippen LogP contribution in [0.15, 0.2) is 40.6 Å². The summed E-state index contributed by atoms with van der Waals surface area (Å²) in [5.74, 6) is 0.509. The summed E-state index contributed by atoms with van der Waals surface area (Å²) in [5.41, 5.74) is 1.31. The van der Waals surface area contributed by atoms with Gasteiger partial charge in [0.25, 0.3) is 5.56 Å². The lowest BCUT2D eigenvalue weighted by Gasteiger charge is -2.00. The molecule has 0 aromatic carbocycles. The monoisotopic (exact) mass is 219 g/mol. The van der Waals surface area contributed by atoms with E-state index in [2.05, 4.69) is 25.3 Å². The van der Waals surface area contributed by atoms with E-state index in [9.17, 15) is 4.79 Å². The molecular weight excluding hydrogens is 206 g/mol. The summed E-state index contributed by atoms with van der Waals surface area (Å²) in [5, 5.41) is 3.10. The van der Waals surface area contributed by atoms with Crippen LogP contribution >= 0.6 is 11.3 Å². The van der Waals surface area contributed by atoms with Crippen molar-refractivity contribution in [3.05, 3.63) is 51.8 Å². The van der Waals surface area contributed by atoms with Gasteiger partial charge in [-0.1, -0.05) is 19.9 Å². The lowest BCUT2D eigenvalue weighted by Crippen LogP contribution is -2.14. The van der Waals surface area contributed by atoms with Gasteiger partial charge in [-0.15, -0.1) is 11.3 Å². The first-order valence-electron chi connectivity index (χ1n) is 4.95. The van der Waals surface area contributed by atoms with Gasteiger partial charge >= 0.3 is 0 Å². The molecule has 0 unspecified atom stereocenters. The molecule has 0 aliphatic rings. The summed E-state index contributed by atoms with van der Waals surface area (Å²) in [7, 11) is 0. The highest BCUT2D eigenvalue weighted by atomic mass is 32.1. The van der Waals surface area contributed by atoms with Crippen molar-refractivity contribution >= 4 is 11.3 Å². The summed E-state index contributed by atoms with van der Waals surface area (Å²) in [6, 6.07) is 7.29. The molecule has 0 aliphatic heterocycles. The quantitative estimate of drug-likeness (QED) is 0.761. The molecule has 2 aromatic rings. The zero-order valence-corrected chi connectivity index (χ0v) is 9.62. The fourth-order valence-electron chi connectivity index (χ4n) is 1.38. The number of nitrogens with zero attached hydrogens (tertiary/aromatic N) is 1. The summed E-state index contributed by atoms with van der Waals surface area (Å²) in [6.07, 6.45) is 1.80. The molecule has 0 fully saturated rings. The van der Waals surface area contributed by atoms with Crippen LogP contribution in [0.5, 0.6) is 0 Å². The standard InChI is InChI=1S/C12H13NOS/c1-9(2)10-7-12(15-8-10)13-6-4-3-5-11(13)14/h3-9H,1-2H3. The van der Waals surface area contributed by atoms with Crippen molar-refractivity contribution < 1.29 is 0 Å². The van der Waals surface area contributed by atoms with E-state index in [1.54, 1.807) is 34.2 Å². The molecule has 0 amide bonds. The van der Waals surface area contributed by atoms with E-state index in [-0.39, 0.29) is 5.56 Å². The Kier molecular flexibility index (Phi) is 2.73. The maximum Gasteiger partial charge on any atom is 0.255 e. The van der Waals surface area contributed by atoms with Gasteiger partial charge in [0.1, 0.15) is 5.00 Å². The van der Waals surface area contributed by atoms with E-state index in [4.69, 9.17) is 0 Å². The molecule has 2 nitrogen and oxygen atoms in total. The largest absolute Gasteiger partial charge is 0.275 e. The number of rotatable bonds is 2. The maximum atomic E-state index is 11.6. The molecule has 2 aromatic heterocycles. The second-order valence-electron chi connectivity index (χ2n) is 3.78. The van der Waals surface area contributed by atoms with Crippen molar-refractivity contribution in [2.75, 3.05) is 0 Å². The van der Waals surface area contributed by atoms with Crippen LogP contribution in [-0.4, -0.2) is 4.57 Å². The van der Waals surface area contributed by atoms with E-state index in [0.29, 0.717) is 5.92 Å². The van der Waals surface area contributed by atoms with Crippen molar-refractivity contribution in [1.82, 2.24) is 4.57 Å². The molecule has 0 radical (unpaired) electrons. The smallest absolute Gasteiger partial charge is 0.255 e. The van der Waals surface area contributed by atoms with Crippen LogP contribution in [0.4, 0.5) is 0 Å². The van der Waals surface area contributed by atoms with Gasteiger partial charge in [-0.25, -0.2) is 0 Å². The predicted molar refractivity (Wildman–Crippen MR) is 64.0 cm³/mol. The number of aromatic nitrogens is 1. The summed E-state index contributed by atoms with van der Waals surface area (Å²) >= 11 is 1.61. The molecule has 2 heterocycles. The van der Waals surface area contributed by atoms with Crippen LogP contribution < -0.4 is 5.56 Å². The topological polar surface area (TPSA) is 22.0 Å². The highest BCUT2D eigenvalue weighted by Gasteiger charge is 2.05. The minimum Gasteiger partial charge on any atom is -0.275 e. The molecule has 0 saturated heterocycles. The number of hydrogen-bond donors (Lipinski definition) is 0. The van der Waals surface area contributed by atoms with Crippen LogP contribution in [0, 0.1) is 0 Å². The van der Waals surface area contributed by atoms with Gasteiger partial charge in [-0.3, -0.25) is 9.36 Å². The molecule has 15 heavy (non-hydrogen) atoms. The highest BCUT2D eigenvalue weighted by Crippen LogP contribution is 2.23. The van der Waals surface area contributed by atoms with Gasteiger partial charge in [0, 0.05) is 12.3 Å². The van der Waals surface area contributed by atoms with Gasteiger partial charge in [0.05, 0.1) is 0 Å². The molecule has 0 aliphatic carbocycles. The Labute approximate surface area is 92.8 Å². The van der Waals surface area contributed by atoms with Gasteiger partial charge in [-0.05, 0) is 29.0 Å². The van der Waals surface area contributed by atoms with Crippen molar-refractivity contribution in [3.8, 4) is 5.00 Å². The van der Waals surface area contributed by atoms with Crippen LogP contribution in [0.1, 0.15) is 25.3 Å². The lowest BCUT2D eigenvalue weighted by molar-refractivity contribution is 0.869. The van der Waals surface area contributed by atoms with Gasteiger partial charge < -0.3 is 0 Å². The Balaban J connectivity index is 2.47. The Morgan fingerprint density at radius 2 is 2.13 bits per heavy atom. The zero-order chi connectivity index (χ0) is 10.8. The van der Waals surface area contributed by atoms with Crippen molar-refractivity contribution in [2.24, 2.45) is 0 Å². The average molecular weight is 219 g/mol. The number of pyridine rings is 1. The third-order valence-electron chi connectivity index (χ3n) is 2.33. The molecule has 0 atom stereocenters. The zero-order valence-electron chi connectivity index (χ0n) is 8.81. The molecule has 2 rings (SSSR count). The molecular formula is C12H13NOS. The van der Waals surface area contributed by atoms with E-state index < -0.39 is 0 Å². The van der Waals surface area contributed by atoms with Gasteiger partial charge in [0.2, 0.25) is 0 Å². The van der Waals surface area contributed by atoms with Crippen LogP contribution in [0.2, 0.25) is 0 Å². The van der Waals surface area contributed by atoms with Gasteiger partial charge in [0.15, 0.2) is 0 Å².